The van der Waals surface area contributed by atoms with E-state index in [0.717, 1.165) is 19.5 Å². The predicted molar refractivity (Wildman–Crippen MR) is 77.1 cm³/mol. The van der Waals surface area contributed by atoms with E-state index in [-0.39, 0.29) is 25.3 Å². The van der Waals surface area contributed by atoms with Crippen molar-refractivity contribution >= 4 is 12.0 Å². The molecule has 0 saturated carbocycles. The van der Waals surface area contributed by atoms with Gasteiger partial charge in [0, 0.05) is 19.6 Å². The van der Waals surface area contributed by atoms with E-state index in [1.54, 1.807) is 7.05 Å². The second-order valence-corrected chi connectivity index (χ2v) is 6.24. The molecule has 7 heteroatoms. The second-order valence-electron chi connectivity index (χ2n) is 6.24. The number of hydrogen-bond donors (Lipinski definition) is 2. The number of hydrogen-bond acceptors (Lipinski definition) is 4. The number of nitrogens with zero attached hydrogens (tertiary/aromatic N) is 2. The number of urea groups is 1. The average Bonchev–Trinajstić information content (AvgIpc) is 2.90. The highest BCUT2D eigenvalue weighted by atomic mass is 16.5. The van der Waals surface area contributed by atoms with Crippen LogP contribution in [0.15, 0.2) is 0 Å². The predicted octanol–water partition coefficient (Wildman–Crippen LogP) is 0.0676. The Hall–Kier alpha value is -1.34. The first-order valence-electron chi connectivity index (χ1n) is 7.42. The lowest BCUT2D eigenvalue weighted by Crippen LogP contribution is -2.55. The topological polar surface area (TPSA) is 82.1 Å². The van der Waals surface area contributed by atoms with Crippen molar-refractivity contribution in [2.75, 3.05) is 40.4 Å². The lowest BCUT2D eigenvalue weighted by Gasteiger charge is -2.37. The maximum Gasteiger partial charge on any atom is 0.317 e. The van der Waals surface area contributed by atoms with Crippen LogP contribution in [0, 0.1) is 11.8 Å². The van der Waals surface area contributed by atoms with Crippen molar-refractivity contribution in [1.29, 1.82) is 0 Å². The lowest BCUT2D eigenvalue weighted by atomic mass is 9.94. The van der Waals surface area contributed by atoms with Gasteiger partial charge in [0.05, 0.1) is 19.3 Å². The molecular formula is C14H25N3O4. The number of aliphatic carboxylic acids is 1. The van der Waals surface area contributed by atoms with Gasteiger partial charge in [0.1, 0.15) is 5.92 Å². The Balaban J connectivity index is 1.92. The number of rotatable bonds is 3. The Kier molecular flexibility index (Phi) is 5.05. The molecule has 2 aliphatic rings. The van der Waals surface area contributed by atoms with Crippen LogP contribution in [-0.2, 0) is 9.53 Å². The van der Waals surface area contributed by atoms with Crippen LogP contribution in [0.5, 0.6) is 0 Å². The second kappa shape index (κ2) is 6.62. The fourth-order valence-corrected chi connectivity index (χ4v) is 3.14. The molecule has 0 radical (unpaired) electrons. The molecule has 2 amide bonds. The van der Waals surface area contributed by atoms with Crippen LogP contribution in [0.3, 0.4) is 0 Å². The zero-order chi connectivity index (χ0) is 15.6. The number of nitrogens with one attached hydrogen (secondary N) is 1. The van der Waals surface area contributed by atoms with E-state index in [1.165, 1.54) is 4.90 Å². The summed E-state index contributed by atoms with van der Waals surface area (Å²) >= 11 is 0. The van der Waals surface area contributed by atoms with Crippen molar-refractivity contribution in [1.82, 2.24) is 15.1 Å². The van der Waals surface area contributed by atoms with Gasteiger partial charge in [0.2, 0.25) is 0 Å². The van der Waals surface area contributed by atoms with E-state index >= 15 is 0 Å². The van der Waals surface area contributed by atoms with Gasteiger partial charge in [-0.15, -0.1) is 0 Å². The molecule has 2 aliphatic heterocycles. The van der Waals surface area contributed by atoms with Crippen LogP contribution in [0.25, 0.3) is 0 Å². The largest absolute Gasteiger partial charge is 0.481 e. The quantitative estimate of drug-likeness (QED) is 0.770. The van der Waals surface area contributed by atoms with Gasteiger partial charge in [0.15, 0.2) is 0 Å². The lowest BCUT2D eigenvalue weighted by molar-refractivity contribution is -0.142. The first kappa shape index (κ1) is 16.0. The number of ether oxygens (including phenoxy) is 1. The average molecular weight is 299 g/mol. The summed E-state index contributed by atoms with van der Waals surface area (Å²) in [5, 5.41) is 12.2. The van der Waals surface area contributed by atoms with Gasteiger partial charge >= 0.3 is 12.0 Å². The van der Waals surface area contributed by atoms with Crippen LogP contribution in [0.4, 0.5) is 4.79 Å². The molecule has 2 rings (SSSR count). The number of carbonyl (C=O) groups is 2. The smallest absolute Gasteiger partial charge is 0.317 e. The van der Waals surface area contributed by atoms with Crippen molar-refractivity contribution in [2.24, 2.45) is 11.8 Å². The third kappa shape index (κ3) is 3.65. The molecule has 0 aromatic heterocycles. The summed E-state index contributed by atoms with van der Waals surface area (Å²) in [6, 6.07) is -0.469. The van der Waals surface area contributed by atoms with Gasteiger partial charge < -0.3 is 25.0 Å². The molecule has 2 heterocycles. The molecular weight excluding hydrogens is 274 g/mol. The molecule has 0 aromatic carbocycles. The Morgan fingerprint density at radius 1 is 1.38 bits per heavy atom. The molecule has 2 saturated heterocycles. The van der Waals surface area contributed by atoms with E-state index < -0.39 is 17.9 Å². The summed E-state index contributed by atoms with van der Waals surface area (Å²) in [7, 11) is 3.72. The zero-order valence-electron chi connectivity index (χ0n) is 12.9. The Bertz CT molecular complexity index is 404. The molecule has 4 atom stereocenters. The minimum absolute atomic E-state index is 0.141. The van der Waals surface area contributed by atoms with E-state index in [1.807, 2.05) is 0 Å². The number of likely N-dealkylation sites (tertiary alicyclic amines) is 1. The van der Waals surface area contributed by atoms with Gasteiger partial charge in [-0.05, 0) is 25.9 Å². The SMILES string of the molecule is CC1CN(C)CCC1NC(=O)N(C)C1COCC1C(=O)O. The number of likely N-dealkylation sites (N-methyl/N-ethyl adjacent to an activating group) is 1. The normalized spacial score (nSPS) is 33.7. The van der Waals surface area contributed by atoms with Crippen molar-refractivity contribution in [3.05, 3.63) is 0 Å². The molecule has 4 unspecified atom stereocenters. The molecule has 2 fully saturated rings. The molecule has 2 N–H and O–H groups in total. The van der Waals surface area contributed by atoms with Gasteiger partial charge in [-0.25, -0.2) is 4.79 Å². The van der Waals surface area contributed by atoms with Crippen LogP contribution < -0.4 is 5.32 Å². The number of carboxylic acids is 1. The van der Waals surface area contributed by atoms with E-state index in [0.29, 0.717) is 5.92 Å². The summed E-state index contributed by atoms with van der Waals surface area (Å²) in [5.74, 6) is -1.17. The third-order valence-electron chi connectivity index (χ3n) is 4.60. The summed E-state index contributed by atoms with van der Waals surface area (Å²) in [6.07, 6.45) is 0.917. The maximum atomic E-state index is 12.3. The Morgan fingerprint density at radius 3 is 2.71 bits per heavy atom. The van der Waals surface area contributed by atoms with Crippen LogP contribution in [0.2, 0.25) is 0 Å². The van der Waals surface area contributed by atoms with Crippen LogP contribution in [-0.4, -0.2) is 79.4 Å². The molecule has 0 spiro atoms. The highest BCUT2D eigenvalue weighted by Gasteiger charge is 2.39. The van der Waals surface area contributed by atoms with Gasteiger partial charge in [-0.2, -0.15) is 0 Å². The van der Waals surface area contributed by atoms with E-state index in [9.17, 15) is 9.59 Å². The number of piperidine rings is 1. The van der Waals surface area contributed by atoms with E-state index in [2.05, 4.69) is 24.2 Å². The molecule has 0 aromatic rings. The minimum Gasteiger partial charge on any atom is -0.481 e. The fraction of sp³-hybridized carbons (Fsp3) is 0.857. The van der Waals surface area contributed by atoms with Gasteiger partial charge in [-0.1, -0.05) is 6.92 Å². The summed E-state index contributed by atoms with van der Waals surface area (Å²) in [5.41, 5.74) is 0. The first-order chi connectivity index (χ1) is 9.90. The van der Waals surface area contributed by atoms with Crippen molar-refractivity contribution in [2.45, 2.75) is 25.4 Å². The van der Waals surface area contributed by atoms with Crippen molar-refractivity contribution in [3.8, 4) is 0 Å². The van der Waals surface area contributed by atoms with Crippen LogP contribution in [0.1, 0.15) is 13.3 Å². The monoisotopic (exact) mass is 299 g/mol. The zero-order valence-corrected chi connectivity index (χ0v) is 12.9. The fourth-order valence-electron chi connectivity index (χ4n) is 3.14. The number of carbonyl (C=O) groups excluding carboxylic acids is 1. The molecule has 120 valence electrons. The van der Waals surface area contributed by atoms with Crippen molar-refractivity contribution < 1.29 is 19.4 Å². The van der Waals surface area contributed by atoms with Crippen molar-refractivity contribution in [3.63, 3.8) is 0 Å². The van der Waals surface area contributed by atoms with Gasteiger partial charge in [-0.3, -0.25) is 4.79 Å². The van der Waals surface area contributed by atoms with Gasteiger partial charge in [0.25, 0.3) is 0 Å². The maximum absolute atomic E-state index is 12.3. The standard InChI is InChI=1S/C14H25N3O4/c1-9-6-16(2)5-4-11(9)15-14(20)17(3)12-8-21-7-10(12)13(18)19/h9-12H,4-8H2,1-3H3,(H,15,20)(H,18,19). The van der Waals surface area contributed by atoms with E-state index in [4.69, 9.17) is 9.84 Å². The minimum atomic E-state index is -0.912. The third-order valence-corrected chi connectivity index (χ3v) is 4.60. The highest BCUT2D eigenvalue weighted by molar-refractivity contribution is 5.77. The number of amides is 2. The number of carboxylic acid groups (broad SMARTS) is 1. The highest BCUT2D eigenvalue weighted by Crippen LogP contribution is 2.20. The summed E-state index contributed by atoms with van der Waals surface area (Å²) in [4.78, 5) is 27.3. The Morgan fingerprint density at radius 2 is 2.10 bits per heavy atom. The molecule has 0 bridgehead atoms. The molecule has 7 nitrogen and oxygen atoms in total. The Labute approximate surface area is 125 Å². The van der Waals surface area contributed by atoms with Crippen LogP contribution >= 0.6 is 0 Å². The summed E-state index contributed by atoms with van der Waals surface area (Å²) in [6.45, 7) is 4.49. The first-order valence-corrected chi connectivity index (χ1v) is 7.42. The molecule has 21 heavy (non-hydrogen) atoms. The molecule has 0 aliphatic carbocycles. The summed E-state index contributed by atoms with van der Waals surface area (Å²) < 4.78 is 5.22.